The maximum atomic E-state index is 4.72. The Bertz CT molecular complexity index is 1070. The van der Waals surface area contributed by atoms with Gasteiger partial charge in [-0.1, -0.05) is 46.8 Å². The van der Waals surface area contributed by atoms with Gasteiger partial charge in [0, 0.05) is 21.1 Å². The SMILES string of the molecule is C=C(C)Nc1nc2ccccc2c2nnc(-c3ccc(Br)cc3)n12. The fourth-order valence-electron chi connectivity index (χ4n) is 2.64. The normalized spacial score (nSPS) is 11.1. The largest absolute Gasteiger partial charge is 0.330 e. The van der Waals surface area contributed by atoms with E-state index in [-0.39, 0.29) is 0 Å². The Labute approximate surface area is 147 Å². The summed E-state index contributed by atoms with van der Waals surface area (Å²) < 4.78 is 2.95. The zero-order valence-electron chi connectivity index (χ0n) is 13.0. The minimum atomic E-state index is 0.652. The molecule has 4 rings (SSSR count). The first-order valence-corrected chi connectivity index (χ1v) is 8.25. The van der Waals surface area contributed by atoms with Gasteiger partial charge in [0.05, 0.1) is 5.52 Å². The molecule has 2 aromatic heterocycles. The molecular formula is C18H14BrN5. The highest BCUT2D eigenvalue weighted by Gasteiger charge is 2.16. The van der Waals surface area contributed by atoms with Gasteiger partial charge >= 0.3 is 0 Å². The fraction of sp³-hybridized carbons (Fsp3) is 0.0556. The standard InChI is InChI=1S/C18H14BrN5/c1-11(2)20-18-21-15-6-4-3-5-14(15)17-23-22-16(24(17)18)12-7-9-13(19)10-8-12/h3-10H,1H2,2H3,(H,20,21). The number of benzene rings is 2. The van der Waals surface area contributed by atoms with Crippen molar-refractivity contribution in [1.29, 1.82) is 0 Å². The van der Waals surface area contributed by atoms with Crippen LogP contribution in [-0.2, 0) is 0 Å². The van der Waals surface area contributed by atoms with E-state index in [1.54, 1.807) is 0 Å². The molecule has 2 aromatic carbocycles. The van der Waals surface area contributed by atoms with Gasteiger partial charge in [0.1, 0.15) is 0 Å². The Hall–Kier alpha value is -2.73. The van der Waals surface area contributed by atoms with Gasteiger partial charge in [-0.2, -0.15) is 0 Å². The number of allylic oxidation sites excluding steroid dienone is 1. The topological polar surface area (TPSA) is 55.1 Å². The molecule has 0 spiro atoms. The van der Waals surface area contributed by atoms with Crippen molar-refractivity contribution in [1.82, 2.24) is 19.6 Å². The molecule has 0 fully saturated rings. The van der Waals surface area contributed by atoms with Crippen molar-refractivity contribution in [3.05, 3.63) is 65.3 Å². The van der Waals surface area contributed by atoms with Crippen LogP contribution >= 0.6 is 15.9 Å². The molecule has 0 aliphatic carbocycles. The van der Waals surface area contributed by atoms with Crippen molar-refractivity contribution in [3.63, 3.8) is 0 Å². The van der Waals surface area contributed by atoms with E-state index in [0.717, 1.165) is 38.1 Å². The average molecular weight is 380 g/mol. The molecule has 2 heterocycles. The summed E-state index contributed by atoms with van der Waals surface area (Å²) in [5.41, 5.74) is 3.40. The van der Waals surface area contributed by atoms with Crippen molar-refractivity contribution in [2.75, 3.05) is 5.32 Å². The molecule has 0 radical (unpaired) electrons. The lowest BCUT2D eigenvalue weighted by molar-refractivity contribution is 1.09. The summed E-state index contributed by atoms with van der Waals surface area (Å²) in [4.78, 5) is 4.72. The van der Waals surface area contributed by atoms with E-state index in [9.17, 15) is 0 Å². The van der Waals surface area contributed by atoms with E-state index in [4.69, 9.17) is 4.98 Å². The molecule has 118 valence electrons. The van der Waals surface area contributed by atoms with Crippen LogP contribution in [0.25, 0.3) is 27.9 Å². The Morgan fingerprint density at radius 3 is 2.58 bits per heavy atom. The summed E-state index contributed by atoms with van der Waals surface area (Å²) in [6.07, 6.45) is 0. The lowest BCUT2D eigenvalue weighted by atomic mass is 10.2. The highest BCUT2D eigenvalue weighted by atomic mass is 79.9. The molecule has 0 saturated heterocycles. The minimum absolute atomic E-state index is 0.652. The van der Waals surface area contributed by atoms with Crippen molar-refractivity contribution in [2.24, 2.45) is 0 Å². The van der Waals surface area contributed by atoms with Crippen molar-refractivity contribution in [2.45, 2.75) is 6.92 Å². The predicted molar refractivity (Wildman–Crippen MR) is 99.9 cm³/mol. The fourth-order valence-corrected chi connectivity index (χ4v) is 2.91. The van der Waals surface area contributed by atoms with E-state index in [0.29, 0.717) is 5.95 Å². The number of rotatable bonds is 3. The van der Waals surface area contributed by atoms with Crippen LogP contribution in [0.5, 0.6) is 0 Å². The van der Waals surface area contributed by atoms with E-state index in [1.165, 1.54) is 0 Å². The third-order valence-corrected chi connectivity index (χ3v) is 4.20. The summed E-state index contributed by atoms with van der Waals surface area (Å²) in [5.74, 6) is 1.39. The number of aromatic nitrogens is 4. The molecule has 0 bridgehead atoms. The Balaban J connectivity index is 2.07. The number of halogens is 1. The number of hydrogen-bond acceptors (Lipinski definition) is 4. The molecule has 0 aliphatic rings. The van der Waals surface area contributed by atoms with Gasteiger partial charge in [0.25, 0.3) is 0 Å². The zero-order valence-corrected chi connectivity index (χ0v) is 14.6. The summed E-state index contributed by atoms with van der Waals surface area (Å²) in [6, 6.07) is 15.9. The Morgan fingerprint density at radius 1 is 1.08 bits per heavy atom. The monoisotopic (exact) mass is 379 g/mol. The second-order valence-electron chi connectivity index (χ2n) is 5.55. The Kier molecular flexibility index (Phi) is 3.54. The molecule has 6 heteroatoms. The highest BCUT2D eigenvalue weighted by molar-refractivity contribution is 9.10. The maximum Gasteiger partial charge on any atom is 0.215 e. The summed E-state index contributed by atoms with van der Waals surface area (Å²) in [7, 11) is 0. The second kappa shape index (κ2) is 5.72. The average Bonchev–Trinajstić information content (AvgIpc) is 3.01. The van der Waals surface area contributed by atoms with Crippen LogP contribution in [0, 0.1) is 0 Å². The predicted octanol–water partition coefficient (Wildman–Crippen LogP) is 4.65. The summed E-state index contributed by atoms with van der Waals surface area (Å²) >= 11 is 3.46. The number of nitrogens with zero attached hydrogens (tertiary/aromatic N) is 4. The van der Waals surface area contributed by atoms with Gasteiger partial charge in [0.15, 0.2) is 11.5 Å². The van der Waals surface area contributed by atoms with Crippen LogP contribution in [0.4, 0.5) is 5.95 Å². The van der Waals surface area contributed by atoms with Crippen LogP contribution in [0.2, 0.25) is 0 Å². The van der Waals surface area contributed by atoms with Crippen molar-refractivity contribution < 1.29 is 0 Å². The smallest absolute Gasteiger partial charge is 0.215 e. The lowest BCUT2D eigenvalue weighted by Gasteiger charge is -2.11. The summed E-state index contributed by atoms with van der Waals surface area (Å²) in [5, 5.41) is 13.0. The molecule has 0 saturated carbocycles. The van der Waals surface area contributed by atoms with Gasteiger partial charge < -0.3 is 5.32 Å². The van der Waals surface area contributed by atoms with Crippen LogP contribution in [-0.4, -0.2) is 19.6 Å². The maximum absolute atomic E-state index is 4.72. The van der Waals surface area contributed by atoms with E-state index in [1.807, 2.05) is 59.9 Å². The van der Waals surface area contributed by atoms with Crippen LogP contribution < -0.4 is 5.32 Å². The van der Waals surface area contributed by atoms with Gasteiger partial charge in [-0.15, -0.1) is 10.2 Å². The minimum Gasteiger partial charge on any atom is -0.330 e. The molecule has 0 atom stereocenters. The first-order valence-electron chi connectivity index (χ1n) is 7.46. The Morgan fingerprint density at radius 2 is 1.83 bits per heavy atom. The summed E-state index contributed by atoms with van der Waals surface area (Å²) in [6.45, 7) is 5.82. The van der Waals surface area contributed by atoms with Gasteiger partial charge in [-0.25, -0.2) is 9.38 Å². The highest BCUT2D eigenvalue weighted by Crippen LogP contribution is 2.27. The number of hydrogen-bond donors (Lipinski definition) is 1. The molecular weight excluding hydrogens is 366 g/mol. The molecule has 0 unspecified atom stereocenters. The molecule has 1 N–H and O–H groups in total. The van der Waals surface area contributed by atoms with E-state index < -0.39 is 0 Å². The van der Waals surface area contributed by atoms with Gasteiger partial charge in [-0.3, -0.25) is 0 Å². The third kappa shape index (κ3) is 2.45. The zero-order chi connectivity index (χ0) is 16.7. The van der Waals surface area contributed by atoms with Crippen molar-refractivity contribution in [3.8, 4) is 11.4 Å². The second-order valence-corrected chi connectivity index (χ2v) is 6.46. The van der Waals surface area contributed by atoms with Gasteiger partial charge in [0.2, 0.25) is 5.95 Å². The number of fused-ring (bicyclic) bond motifs is 3. The van der Waals surface area contributed by atoms with E-state index >= 15 is 0 Å². The lowest BCUT2D eigenvalue weighted by Crippen LogP contribution is -2.05. The van der Waals surface area contributed by atoms with Crippen LogP contribution in [0.1, 0.15) is 6.92 Å². The molecule has 0 amide bonds. The van der Waals surface area contributed by atoms with Crippen LogP contribution in [0.3, 0.4) is 0 Å². The van der Waals surface area contributed by atoms with Crippen LogP contribution in [0.15, 0.2) is 65.3 Å². The van der Waals surface area contributed by atoms with Crippen molar-refractivity contribution >= 4 is 38.4 Å². The molecule has 4 aromatic rings. The van der Waals surface area contributed by atoms with E-state index in [2.05, 4.69) is 38.0 Å². The number of anilines is 1. The quantitative estimate of drug-likeness (QED) is 0.562. The van der Waals surface area contributed by atoms with Gasteiger partial charge in [-0.05, 0) is 31.2 Å². The molecule has 24 heavy (non-hydrogen) atoms. The number of para-hydroxylation sites is 1. The number of nitrogens with one attached hydrogen (secondary N) is 1. The third-order valence-electron chi connectivity index (χ3n) is 3.67. The first-order chi connectivity index (χ1) is 11.6. The molecule has 5 nitrogen and oxygen atoms in total. The first kappa shape index (κ1) is 14.8. The molecule has 0 aliphatic heterocycles.